The summed E-state index contributed by atoms with van der Waals surface area (Å²) in [5.74, 6) is -0.451. The first-order valence-corrected chi connectivity index (χ1v) is 5.75. The quantitative estimate of drug-likeness (QED) is 0.632. The monoisotopic (exact) mass is 281 g/mol. The van der Waals surface area contributed by atoms with Crippen molar-refractivity contribution in [2.24, 2.45) is 0 Å². The Morgan fingerprint density at radius 1 is 1.50 bits per heavy atom. The molecule has 0 aliphatic rings. The minimum absolute atomic E-state index is 0.427. The van der Waals surface area contributed by atoms with E-state index in [-0.39, 0.29) is 0 Å². The van der Waals surface area contributed by atoms with Crippen LogP contribution in [0.4, 0.5) is 0 Å². The van der Waals surface area contributed by atoms with Gasteiger partial charge in [-0.15, -0.1) is 0 Å². The molecule has 1 aromatic carbocycles. The van der Waals surface area contributed by atoms with Crippen molar-refractivity contribution in [3.63, 3.8) is 0 Å². The van der Waals surface area contributed by atoms with Crippen molar-refractivity contribution in [2.45, 2.75) is 24.3 Å². The minimum atomic E-state index is -1.24. The first-order valence-electron chi connectivity index (χ1n) is 4.83. The molecule has 0 N–H and O–H groups in total. The Balaban J connectivity index is 2.97. The number of benzene rings is 1. The highest BCUT2D eigenvalue weighted by Crippen LogP contribution is 2.25. The van der Waals surface area contributed by atoms with Crippen LogP contribution in [0.3, 0.4) is 0 Å². The number of carbonyl (C=O) groups is 1. The van der Waals surface area contributed by atoms with Gasteiger partial charge in [-0.2, -0.15) is 5.26 Å². The molecule has 0 fully saturated rings. The van der Waals surface area contributed by atoms with E-state index in [1.165, 1.54) is 0 Å². The molecule has 3 nitrogen and oxygen atoms in total. The number of nitrogens with zero attached hydrogens (tertiary/aromatic N) is 1. The normalized spacial score (nSPS) is 15.6. The Morgan fingerprint density at radius 3 is 2.50 bits per heavy atom. The number of esters is 1. The van der Waals surface area contributed by atoms with Crippen LogP contribution in [0.5, 0.6) is 0 Å². The van der Waals surface area contributed by atoms with Gasteiger partial charge in [0, 0.05) is 5.56 Å². The lowest BCUT2D eigenvalue weighted by Gasteiger charge is -2.23. The molecule has 0 radical (unpaired) electrons. The minimum Gasteiger partial charge on any atom is -0.439 e. The molecule has 0 aliphatic heterocycles. The van der Waals surface area contributed by atoms with Crippen LogP contribution in [0.25, 0.3) is 0 Å². The zero-order valence-corrected chi connectivity index (χ0v) is 10.7. The second-order valence-electron chi connectivity index (χ2n) is 3.55. The fourth-order valence-electron chi connectivity index (χ4n) is 1.18. The zero-order chi connectivity index (χ0) is 12.2. The molecule has 0 bridgehead atoms. The summed E-state index contributed by atoms with van der Waals surface area (Å²) in [6, 6.07) is 11.0. The van der Waals surface area contributed by atoms with Crippen LogP contribution in [-0.4, -0.2) is 10.8 Å². The van der Waals surface area contributed by atoms with Crippen LogP contribution in [0.2, 0.25) is 0 Å². The Hall–Kier alpha value is -1.34. The molecule has 0 amide bonds. The zero-order valence-electron chi connectivity index (χ0n) is 9.11. The molecule has 0 aliphatic carbocycles. The third-order valence-corrected chi connectivity index (χ3v) is 2.54. The van der Waals surface area contributed by atoms with Crippen LogP contribution in [0.1, 0.15) is 19.4 Å². The van der Waals surface area contributed by atoms with Crippen molar-refractivity contribution in [1.82, 2.24) is 0 Å². The molecule has 0 aromatic heterocycles. The van der Waals surface area contributed by atoms with E-state index >= 15 is 0 Å². The van der Waals surface area contributed by atoms with Crippen molar-refractivity contribution in [3.05, 3.63) is 35.9 Å². The number of carbonyl (C=O) groups excluding carboxylic acids is 1. The maximum atomic E-state index is 11.5. The molecule has 2 atom stereocenters. The number of alkyl halides is 1. The van der Waals surface area contributed by atoms with E-state index in [0.717, 1.165) is 0 Å². The first kappa shape index (κ1) is 12.7. The second-order valence-corrected chi connectivity index (χ2v) is 4.92. The third-order valence-electron chi connectivity index (χ3n) is 2.17. The third kappa shape index (κ3) is 2.83. The summed E-state index contributed by atoms with van der Waals surface area (Å²) in [5.41, 5.74) is -0.570. The predicted molar refractivity (Wildman–Crippen MR) is 63.9 cm³/mol. The highest BCUT2D eigenvalue weighted by atomic mass is 79.9. The molecular weight excluding hydrogens is 270 g/mol. The van der Waals surface area contributed by atoms with Gasteiger partial charge >= 0.3 is 5.97 Å². The standard InChI is InChI=1S/C12H12BrNO2/c1-9(13)11(15)16-12(2,8-14)10-6-4-3-5-7-10/h3-7,9H,1-2H3/t9-,12?/m0/s1. The van der Waals surface area contributed by atoms with E-state index in [9.17, 15) is 4.79 Å². The van der Waals surface area contributed by atoms with Crippen LogP contribution in [0, 0.1) is 11.3 Å². The van der Waals surface area contributed by atoms with Crippen molar-refractivity contribution < 1.29 is 9.53 Å². The molecule has 1 unspecified atom stereocenters. The molecule has 0 saturated heterocycles. The number of hydrogen-bond donors (Lipinski definition) is 0. The summed E-state index contributed by atoms with van der Waals surface area (Å²) in [6.45, 7) is 3.24. The lowest BCUT2D eigenvalue weighted by molar-refractivity contribution is -0.152. The lowest BCUT2D eigenvalue weighted by Crippen LogP contribution is -2.30. The smallest absolute Gasteiger partial charge is 0.321 e. The molecule has 0 spiro atoms. The van der Waals surface area contributed by atoms with Crippen molar-refractivity contribution >= 4 is 21.9 Å². The summed E-state index contributed by atoms with van der Waals surface area (Å²) in [5, 5.41) is 9.13. The predicted octanol–water partition coefficient (Wildman–Crippen LogP) is 2.75. The maximum Gasteiger partial charge on any atom is 0.321 e. The van der Waals surface area contributed by atoms with Gasteiger partial charge in [0.2, 0.25) is 5.60 Å². The number of hydrogen-bond acceptors (Lipinski definition) is 3. The fraction of sp³-hybridized carbons (Fsp3) is 0.333. The van der Waals surface area contributed by atoms with Crippen molar-refractivity contribution in [1.29, 1.82) is 5.26 Å². The van der Waals surface area contributed by atoms with Gasteiger partial charge in [0.25, 0.3) is 0 Å². The van der Waals surface area contributed by atoms with Gasteiger partial charge in [-0.05, 0) is 13.8 Å². The van der Waals surface area contributed by atoms with Gasteiger partial charge in [-0.25, -0.2) is 0 Å². The molecular formula is C12H12BrNO2. The topological polar surface area (TPSA) is 50.1 Å². The average molecular weight is 282 g/mol. The van der Waals surface area contributed by atoms with Gasteiger partial charge in [0.1, 0.15) is 10.9 Å². The van der Waals surface area contributed by atoms with Gasteiger partial charge in [0.05, 0.1) is 0 Å². The van der Waals surface area contributed by atoms with Gasteiger partial charge in [-0.1, -0.05) is 46.3 Å². The number of rotatable bonds is 3. The fourth-order valence-corrected chi connectivity index (χ4v) is 1.28. The van der Waals surface area contributed by atoms with E-state index in [1.807, 2.05) is 12.1 Å². The average Bonchev–Trinajstić information content (AvgIpc) is 2.29. The van der Waals surface area contributed by atoms with Gasteiger partial charge in [-0.3, -0.25) is 4.79 Å². The van der Waals surface area contributed by atoms with E-state index in [0.29, 0.717) is 5.56 Å². The Kier molecular flexibility index (Phi) is 4.08. The van der Waals surface area contributed by atoms with Crippen LogP contribution < -0.4 is 0 Å². The van der Waals surface area contributed by atoms with Crippen LogP contribution in [0.15, 0.2) is 30.3 Å². The summed E-state index contributed by atoms with van der Waals surface area (Å²) >= 11 is 3.11. The van der Waals surface area contributed by atoms with E-state index in [4.69, 9.17) is 10.00 Å². The van der Waals surface area contributed by atoms with E-state index in [1.54, 1.807) is 38.1 Å². The van der Waals surface area contributed by atoms with Crippen molar-refractivity contribution in [2.75, 3.05) is 0 Å². The second kappa shape index (κ2) is 5.13. The lowest BCUT2D eigenvalue weighted by atomic mass is 9.97. The first-order chi connectivity index (χ1) is 7.49. The molecule has 84 valence electrons. The number of ether oxygens (including phenoxy) is 1. The molecule has 0 saturated carbocycles. The van der Waals surface area contributed by atoms with Gasteiger partial charge in [0.15, 0.2) is 0 Å². The molecule has 0 heterocycles. The highest BCUT2D eigenvalue weighted by Gasteiger charge is 2.32. The van der Waals surface area contributed by atoms with Gasteiger partial charge < -0.3 is 4.74 Å². The Morgan fingerprint density at radius 2 is 2.06 bits per heavy atom. The Bertz CT molecular complexity index is 411. The molecule has 4 heteroatoms. The largest absolute Gasteiger partial charge is 0.439 e. The summed E-state index contributed by atoms with van der Waals surface area (Å²) in [4.78, 5) is 11.0. The summed E-state index contributed by atoms with van der Waals surface area (Å²) < 4.78 is 5.19. The number of halogens is 1. The Labute approximate surface area is 103 Å². The highest BCUT2D eigenvalue weighted by molar-refractivity contribution is 9.10. The van der Waals surface area contributed by atoms with Crippen LogP contribution >= 0.6 is 15.9 Å². The van der Waals surface area contributed by atoms with Crippen LogP contribution in [-0.2, 0) is 15.1 Å². The van der Waals surface area contributed by atoms with E-state index in [2.05, 4.69) is 15.9 Å². The maximum absolute atomic E-state index is 11.5. The van der Waals surface area contributed by atoms with Crippen molar-refractivity contribution in [3.8, 4) is 6.07 Å². The molecule has 16 heavy (non-hydrogen) atoms. The number of nitriles is 1. The molecule has 1 aromatic rings. The molecule has 1 rings (SSSR count). The summed E-state index contributed by atoms with van der Waals surface area (Å²) in [7, 11) is 0. The van der Waals surface area contributed by atoms with E-state index < -0.39 is 16.4 Å². The SMILES string of the molecule is C[C@H](Br)C(=O)OC(C)(C#N)c1ccccc1. The summed E-state index contributed by atoms with van der Waals surface area (Å²) in [6.07, 6.45) is 0.